The lowest BCUT2D eigenvalue weighted by molar-refractivity contribution is 0.301. The van der Waals surface area contributed by atoms with Gasteiger partial charge in [0.2, 0.25) is 0 Å². The summed E-state index contributed by atoms with van der Waals surface area (Å²) >= 11 is 0. The zero-order chi connectivity index (χ0) is 11.7. The Morgan fingerprint density at radius 3 is 2.82 bits per heavy atom. The van der Waals surface area contributed by atoms with Crippen molar-refractivity contribution in [1.82, 2.24) is 5.32 Å². The molecule has 3 nitrogen and oxygen atoms in total. The van der Waals surface area contributed by atoms with Crippen molar-refractivity contribution in [2.24, 2.45) is 10.9 Å². The lowest BCUT2D eigenvalue weighted by Gasteiger charge is -2.06. The van der Waals surface area contributed by atoms with Gasteiger partial charge in [0, 0.05) is 12.5 Å². The molecule has 4 heteroatoms. The molecule has 2 aliphatic rings. The third-order valence-corrected chi connectivity index (χ3v) is 3.34. The molecule has 0 amide bonds. The van der Waals surface area contributed by atoms with Gasteiger partial charge in [0.25, 0.3) is 0 Å². The zero-order valence-corrected chi connectivity index (χ0v) is 9.53. The van der Waals surface area contributed by atoms with Gasteiger partial charge in [-0.3, -0.25) is 0 Å². The van der Waals surface area contributed by atoms with Crippen LogP contribution in [-0.4, -0.2) is 25.6 Å². The number of halogens is 1. The number of aliphatic imine (C=N–C) groups is 1. The molecule has 0 saturated carbocycles. The standard InChI is InChI=1S/C13H15FN2O/c14-11-3-1-9(2-4-11)12-8-17-13(16-12)10-5-6-15-7-10/h1-4,10,12,15H,5-8H2. The van der Waals surface area contributed by atoms with E-state index in [1.807, 2.05) is 0 Å². The second-order valence-corrected chi connectivity index (χ2v) is 4.54. The van der Waals surface area contributed by atoms with Crippen LogP contribution >= 0.6 is 0 Å². The van der Waals surface area contributed by atoms with Crippen LogP contribution in [0.25, 0.3) is 0 Å². The monoisotopic (exact) mass is 234 g/mol. The molecule has 1 aromatic carbocycles. The molecular formula is C13H15FN2O. The van der Waals surface area contributed by atoms with Crippen molar-refractivity contribution in [3.63, 3.8) is 0 Å². The lowest BCUT2D eigenvalue weighted by Crippen LogP contribution is -2.17. The number of hydrogen-bond donors (Lipinski definition) is 1. The normalized spacial score (nSPS) is 27.9. The topological polar surface area (TPSA) is 33.6 Å². The van der Waals surface area contributed by atoms with Gasteiger partial charge < -0.3 is 10.1 Å². The first kappa shape index (κ1) is 10.7. The van der Waals surface area contributed by atoms with Gasteiger partial charge in [-0.2, -0.15) is 0 Å². The quantitative estimate of drug-likeness (QED) is 0.848. The van der Waals surface area contributed by atoms with Crippen LogP contribution < -0.4 is 5.32 Å². The van der Waals surface area contributed by atoms with Crippen molar-refractivity contribution in [2.45, 2.75) is 12.5 Å². The van der Waals surface area contributed by atoms with Crippen LogP contribution in [0.3, 0.4) is 0 Å². The summed E-state index contributed by atoms with van der Waals surface area (Å²) in [6.45, 7) is 2.57. The Bertz CT molecular complexity index is 424. The number of nitrogens with zero attached hydrogens (tertiary/aromatic N) is 1. The Morgan fingerprint density at radius 2 is 2.12 bits per heavy atom. The maximum Gasteiger partial charge on any atom is 0.188 e. The predicted octanol–water partition coefficient (Wildman–Crippen LogP) is 1.90. The third-order valence-electron chi connectivity index (χ3n) is 3.34. The number of rotatable bonds is 2. The minimum Gasteiger partial charge on any atom is -0.478 e. The first-order chi connectivity index (χ1) is 8.33. The molecule has 0 bridgehead atoms. The van der Waals surface area contributed by atoms with Gasteiger partial charge in [-0.15, -0.1) is 0 Å². The summed E-state index contributed by atoms with van der Waals surface area (Å²) < 4.78 is 18.5. The summed E-state index contributed by atoms with van der Waals surface area (Å²) in [6.07, 6.45) is 1.09. The fraction of sp³-hybridized carbons (Fsp3) is 0.462. The molecular weight excluding hydrogens is 219 g/mol. The van der Waals surface area contributed by atoms with Crippen LogP contribution in [0.5, 0.6) is 0 Å². The fourth-order valence-electron chi connectivity index (χ4n) is 2.34. The number of nitrogens with one attached hydrogen (secondary N) is 1. The van der Waals surface area contributed by atoms with E-state index in [9.17, 15) is 4.39 Å². The summed E-state index contributed by atoms with van der Waals surface area (Å²) in [5, 5.41) is 3.30. The van der Waals surface area contributed by atoms with Gasteiger partial charge in [-0.1, -0.05) is 12.1 Å². The van der Waals surface area contributed by atoms with Gasteiger partial charge >= 0.3 is 0 Å². The Hall–Kier alpha value is -1.42. The molecule has 1 fully saturated rings. The van der Waals surface area contributed by atoms with Crippen LogP contribution in [0.2, 0.25) is 0 Å². The summed E-state index contributed by atoms with van der Waals surface area (Å²) in [5.74, 6) is 1.07. The van der Waals surface area contributed by atoms with E-state index in [4.69, 9.17) is 4.74 Å². The fourth-order valence-corrected chi connectivity index (χ4v) is 2.34. The predicted molar refractivity (Wildman–Crippen MR) is 63.5 cm³/mol. The van der Waals surface area contributed by atoms with Crippen LogP contribution in [0.15, 0.2) is 29.3 Å². The van der Waals surface area contributed by atoms with Crippen molar-refractivity contribution in [3.8, 4) is 0 Å². The maximum absolute atomic E-state index is 12.8. The minimum absolute atomic E-state index is 0.0335. The molecule has 0 aromatic heterocycles. The van der Waals surface area contributed by atoms with E-state index in [1.165, 1.54) is 12.1 Å². The maximum atomic E-state index is 12.8. The van der Waals surface area contributed by atoms with Crippen molar-refractivity contribution in [2.75, 3.05) is 19.7 Å². The molecule has 1 saturated heterocycles. The molecule has 90 valence electrons. The van der Waals surface area contributed by atoms with Crippen LogP contribution in [-0.2, 0) is 4.74 Å². The number of benzene rings is 1. The average Bonchev–Trinajstić information content (AvgIpc) is 3.00. The molecule has 2 aliphatic heterocycles. The summed E-state index contributed by atoms with van der Waals surface area (Å²) in [4.78, 5) is 4.60. The van der Waals surface area contributed by atoms with Gasteiger partial charge in [-0.05, 0) is 30.7 Å². The second kappa shape index (κ2) is 4.45. The van der Waals surface area contributed by atoms with Crippen LogP contribution in [0.4, 0.5) is 4.39 Å². The molecule has 1 N–H and O–H groups in total. The van der Waals surface area contributed by atoms with E-state index in [2.05, 4.69) is 10.3 Å². The van der Waals surface area contributed by atoms with E-state index in [0.717, 1.165) is 31.0 Å². The van der Waals surface area contributed by atoms with Gasteiger partial charge in [0.05, 0.1) is 0 Å². The first-order valence-corrected chi connectivity index (χ1v) is 5.99. The van der Waals surface area contributed by atoms with Crippen molar-refractivity contribution in [3.05, 3.63) is 35.6 Å². The number of hydrogen-bond acceptors (Lipinski definition) is 3. The Balaban J connectivity index is 1.75. The van der Waals surface area contributed by atoms with Crippen molar-refractivity contribution in [1.29, 1.82) is 0 Å². The Kier molecular flexibility index (Phi) is 2.81. The minimum atomic E-state index is -0.211. The Morgan fingerprint density at radius 1 is 1.29 bits per heavy atom. The van der Waals surface area contributed by atoms with Gasteiger partial charge in [-0.25, -0.2) is 9.38 Å². The van der Waals surface area contributed by atoms with E-state index >= 15 is 0 Å². The molecule has 0 aliphatic carbocycles. The molecule has 2 unspecified atom stereocenters. The van der Waals surface area contributed by atoms with E-state index in [1.54, 1.807) is 12.1 Å². The molecule has 2 atom stereocenters. The molecule has 0 spiro atoms. The third kappa shape index (κ3) is 2.17. The van der Waals surface area contributed by atoms with E-state index in [-0.39, 0.29) is 11.9 Å². The van der Waals surface area contributed by atoms with Gasteiger partial charge in [0.1, 0.15) is 18.5 Å². The summed E-state index contributed by atoms with van der Waals surface area (Å²) in [7, 11) is 0. The Labute approximate surface area is 99.7 Å². The van der Waals surface area contributed by atoms with E-state index in [0.29, 0.717) is 12.5 Å². The molecule has 3 rings (SSSR count). The zero-order valence-electron chi connectivity index (χ0n) is 9.53. The highest BCUT2D eigenvalue weighted by Gasteiger charge is 2.28. The smallest absolute Gasteiger partial charge is 0.188 e. The highest BCUT2D eigenvalue weighted by Crippen LogP contribution is 2.26. The largest absolute Gasteiger partial charge is 0.478 e. The molecule has 17 heavy (non-hydrogen) atoms. The summed E-state index contributed by atoms with van der Waals surface area (Å²) in [5.41, 5.74) is 1.02. The highest BCUT2D eigenvalue weighted by molar-refractivity contribution is 5.81. The molecule has 0 radical (unpaired) electrons. The van der Waals surface area contributed by atoms with Crippen LogP contribution in [0.1, 0.15) is 18.0 Å². The highest BCUT2D eigenvalue weighted by atomic mass is 19.1. The van der Waals surface area contributed by atoms with Crippen molar-refractivity contribution < 1.29 is 9.13 Å². The van der Waals surface area contributed by atoms with Gasteiger partial charge in [0.15, 0.2) is 5.90 Å². The number of ether oxygens (including phenoxy) is 1. The van der Waals surface area contributed by atoms with Crippen LogP contribution in [0, 0.1) is 11.7 Å². The summed E-state index contributed by atoms with van der Waals surface area (Å²) in [6, 6.07) is 6.54. The second-order valence-electron chi connectivity index (χ2n) is 4.54. The SMILES string of the molecule is Fc1ccc(C2COC(C3CCNC3)=N2)cc1. The lowest BCUT2D eigenvalue weighted by atomic mass is 10.1. The molecule has 2 heterocycles. The molecule has 1 aromatic rings. The average molecular weight is 234 g/mol. The van der Waals surface area contributed by atoms with E-state index < -0.39 is 0 Å². The van der Waals surface area contributed by atoms with Crippen molar-refractivity contribution >= 4 is 5.90 Å². The first-order valence-electron chi connectivity index (χ1n) is 5.99.